The quantitative estimate of drug-likeness (QED) is 0.401. The smallest absolute Gasteiger partial charge is 0.320 e. The summed E-state index contributed by atoms with van der Waals surface area (Å²) in [6.45, 7) is 2.41. The molecule has 0 aromatic heterocycles. The van der Waals surface area contributed by atoms with Gasteiger partial charge < -0.3 is 27.4 Å². The Kier molecular flexibility index (Phi) is 12.1. The van der Waals surface area contributed by atoms with Crippen LogP contribution in [0.5, 0.6) is 0 Å². The topological polar surface area (TPSA) is 153 Å². The molecule has 0 saturated carbocycles. The molecule has 0 spiro atoms. The van der Waals surface area contributed by atoms with Crippen molar-refractivity contribution in [2.24, 2.45) is 17.2 Å². The predicted molar refractivity (Wildman–Crippen MR) is 64.4 cm³/mol. The standard InChI is InChI=1S/C5H12N2O2.C5H11NO2/c6-3-1-2-4(7)5(8)9;1-2-3-4(6)5(7)8/h4H,1-3,6-7H2,(H,8,9);4H,2-3,6H2,1H3,(H,7,8)/t2*4-/m10/s1. The van der Waals surface area contributed by atoms with E-state index in [1.165, 1.54) is 0 Å². The van der Waals surface area contributed by atoms with Gasteiger partial charge in [0.05, 0.1) is 0 Å². The van der Waals surface area contributed by atoms with Gasteiger partial charge in [0, 0.05) is 0 Å². The molecule has 8 N–H and O–H groups in total. The zero-order valence-electron chi connectivity index (χ0n) is 10.1. The highest BCUT2D eigenvalue weighted by Crippen LogP contribution is 1.91. The number of nitrogens with two attached hydrogens (primary N) is 3. The third-order valence-electron chi connectivity index (χ3n) is 1.95. The van der Waals surface area contributed by atoms with E-state index in [1.807, 2.05) is 6.92 Å². The van der Waals surface area contributed by atoms with Crippen LogP contribution in [0.25, 0.3) is 0 Å². The summed E-state index contributed by atoms with van der Waals surface area (Å²) >= 11 is 0. The van der Waals surface area contributed by atoms with Crippen molar-refractivity contribution in [2.45, 2.75) is 44.7 Å². The Morgan fingerprint density at radius 3 is 1.71 bits per heavy atom. The molecule has 0 aliphatic carbocycles. The van der Waals surface area contributed by atoms with Gasteiger partial charge in [0.1, 0.15) is 12.1 Å². The second-order valence-corrected chi connectivity index (χ2v) is 3.61. The molecule has 2 atom stereocenters. The molecule has 0 aromatic carbocycles. The molecule has 0 bridgehead atoms. The van der Waals surface area contributed by atoms with Crippen molar-refractivity contribution in [1.29, 1.82) is 0 Å². The van der Waals surface area contributed by atoms with E-state index in [0.717, 1.165) is 6.42 Å². The molecule has 17 heavy (non-hydrogen) atoms. The maximum atomic E-state index is 10.0. The normalized spacial score (nSPS) is 13.2. The van der Waals surface area contributed by atoms with Gasteiger partial charge in [-0.05, 0) is 25.8 Å². The Labute approximate surface area is 101 Å². The number of hydrogen-bond donors (Lipinski definition) is 5. The van der Waals surface area contributed by atoms with Gasteiger partial charge >= 0.3 is 11.9 Å². The SMILES string of the molecule is CCC[C@H](N)C(=O)O.NCCC[C@@H](N)C(=O)O. The lowest BCUT2D eigenvalue weighted by atomic mass is 10.2. The van der Waals surface area contributed by atoms with Crippen molar-refractivity contribution in [3.05, 3.63) is 0 Å². The first-order valence-corrected chi connectivity index (χ1v) is 5.53. The fourth-order valence-electron chi connectivity index (χ4n) is 0.896. The number of carboxylic acid groups (broad SMARTS) is 2. The van der Waals surface area contributed by atoms with Gasteiger partial charge in [0.25, 0.3) is 0 Å². The minimum atomic E-state index is -0.955. The van der Waals surface area contributed by atoms with Gasteiger partial charge in [-0.1, -0.05) is 13.3 Å². The molecular formula is C10H23N3O4. The molecular weight excluding hydrogens is 226 g/mol. The van der Waals surface area contributed by atoms with Gasteiger partial charge in [-0.15, -0.1) is 0 Å². The van der Waals surface area contributed by atoms with Crippen molar-refractivity contribution in [2.75, 3.05) is 6.54 Å². The Bertz CT molecular complexity index is 224. The largest absolute Gasteiger partial charge is 0.480 e. The van der Waals surface area contributed by atoms with Gasteiger partial charge in [-0.25, -0.2) is 0 Å². The number of rotatable bonds is 7. The van der Waals surface area contributed by atoms with E-state index in [2.05, 4.69) is 0 Å². The fourth-order valence-corrected chi connectivity index (χ4v) is 0.896. The molecule has 0 aliphatic heterocycles. The highest BCUT2D eigenvalue weighted by atomic mass is 16.4. The molecule has 102 valence electrons. The lowest BCUT2D eigenvalue weighted by molar-refractivity contribution is -0.139. The van der Waals surface area contributed by atoms with Crippen LogP contribution in [-0.4, -0.2) is 40.8 Å². The Morgan fingerprint density at radius 2 is 1.47 bits per heavy atom. The summed E-state index contributed by atoms with van der Waals surface area (Å²) in [6, 6.07) is -1.41. The van der Waals surface area contributed by atoms with Crippen LogP contribution in [0.2, 0.25) is 0 Å². The lowest BCUT2D eigenvalue weighted by Crippen LogP contribution is -2.30. The van der Waals surface area contributed by atoms with Gasteiger partial charge in [-0.2, -0.15) is 0 Å². The van der Waals surface area contributed by atoms with E-state index in [9.17, 15) is 9.59 Å². The molecule has 0 fully saturated rings. The monoisotopic (exact) mass is 249 g/mol. The zero-order chi connectivity index (χ0) is 13.8. The number of carboxylic acids is 2. The van der Waals surface area contributed by atoms with E-state index < -0.39 is 24.0 Å². The Balaban J connectivity index is 0. The summed E-state index contributed by atoms with van der Waals surface area (Å²) < 4.78 is 0. The Morgan fingerprint density at radius 1 is 1.06 bits per heavy atom. The molecule has 0 aliphatic rings. The van der Waals surface area contributed by atoms with Gasteiger partial charge in [0.2, 0.25) is 0 Å². The fraction of sp³-hybridized carbons (Fsp3) is 0.800. The first-order valence-electron chi connectivity index (χ1n) is 5.53. The van der Waals surface area contributed by atoms with Crippen molar-refractivity contribution in [3.63, 3.8) is 0 Å². The summed E-state index contributed by atoms with van der Waals surface area (Å²) in [5.74, 6) is -1.87. The van der Waals surface area contributed by atoms with Crippen molar-refractivity contribution in [1.82, 2.24) is 0 Å². The van der Waals surface area contributed by atoms with E-state index in [1.54, 1.807) is 0 Å². The zero-order valence-corrected chi connectivity index (χ0v) is 10.1. The summed E-state index contributed by atoms with van der Waals surface area (Å²) in [5.41, 5.74) is 15.4. The third kappa shape index (κ3) is 12.8. The summed E-state index contributed by atoms with van der Waals surface area (Å²) in [4.78, 5) is 20.0. The van der Waals surface area contributed by atoms with Crippen LogP contribution < -0.4 is 17.2 Å². The van der Waals surface area contributed by atoms with Gasteiger partial charge in [-0.3, -0.25) is 9.59 Å². The summed E-state index contributed by atoms with van der Waals surface area (Å²) in [7, 11) is 0. The second kappa shape index (κ2) is 11.3. The molecule has 0 saturated heterocycles. The average molecular weight is 249 g/mol. The average Bonchev–Trinajstić information content (AvgIpc) is 2.26. The van der Waals surface area contributed by atoms with Crippen molar-refractivity contribution in [3.8, 4) is 0 Å². The summed E-state index contributed by atoms with van der Waals surface area (Å²) in [6.07, 6.45) is 2.53. The maximum Gasteiger partial charge on any atom is 0.320 e. The molecule has 0 rings (SSSR count). The molecule has 0 radical (unpaired) electrons. The maximum absolute atomic E-state index is 10.0. The Hall–Kier alpha value is -1.18. The molecule has 7 heteroatoms. The minimum Gasteiger partial charge on any atom is -0.480 e. The first-order chi connectivity index (χ1) is 7.86. The minimum absolute atomic E-state index is 0.464. The highest BCUT2D eigenvalue weighted by molar-refractivity contribution is 5.73. The van der Waals surface area contributed by atoms with Crippen LogP contribution in [0.1, 0.15) is 32.6 Å². The van der Waals surface area contributed by atoms with Crippen LogP contribution in [-0.2, 0) is 9.59 Å². The van der Waals surface area contributed by atoms with Crippen molar-refractivity contribution >= 4 is 11.9 Å². The second-order valence-electron chi connectivity index (χ2n) is 3.61. The molecule has 0 aromatic rings. The molecule has 0 amide bonds. The lowest BCUT2D eigenvalue weighted by Gasteiger charge is -2.02. The van der Waals surface area contributed by atoms with Crippen LogP contribution in [0.15, 0.2) is 0 Å². The van der Waals surface area contributed by atoms with Crippen molar-refractivity contribution < 1.29 is 19.8 Å². The molecule has 0 heterocycles. The van der Waals surface area contributed by atoms with Crippen LogP contribution in [0.4, 0.5) is 0 Å². The molecule has 0 unspecified atom stereocenters. The van der Waals surface area contributed by atoms with Crippen LogP contribution in [0.3, 0.4) is 0 Å². The van der Waals surface area contributed by atoms with E-state index in [4.69, 9.17) is 27.4 Å². The molecule has 7 nitrogen and oxygen atoms in total. The van der Waals surface area contributed by atoms with E-state index >= 15 is 0 Å². The predicted octanol–water partition coefficient (Wildman–Crippen LogP) is -0.664. The third-order valence-corrected chi connectivity index (χ3v) is 1.95. The number of hydrogen-bond acceptors (Lipinski definition) is 5. The van der Waals surface area contributed by atoms with Crippen LogP contribution >= 0.6 is 0 Å². The van der Waals surface area contributed by atoms with Gasteiger partial charge in [0.15, 0.2) is 0 Å². The number of aliphatic carboxylic acids is 2. The number of carbonyl (C=O) groups is 2. The van der Waals surface area contributed by atoms with E-state index in [0.29, 0.717) is 25.8 Å². The first kappa shape index (κ1) is 18.2. The summed E-state index contributed by atoms with van der Waals surface area (Å²) in [5, 5.41) is 16.4. The highest BCUT2D eigenvalue weighted by Gasteiger charge is 2.09. The van der Waals surface area contributed by atoms with E-state index in [-0.39, 0.29) is 0 Å². The van der Waals surface area contributed by atoms with Crippen LogP contribution in [0, 0.1) is 0 Å².